The van der Waals surface area contributed by atoms with Gasteiger partial charge in [0.15, 0.2) is 0 Å². The first-order valence-corrected chi connectivity index (χ1v) is 7.06. The molecule has 14 heteroatoms. The molecule has 22 heavy (non-hydrogen) atoms. The molecule has 0 radical (unpaired) electrons. The Hall–Kier alpha value is -0.480. The third-order valence-electron chi connectivity index (χ3n) is 2.48. The minimum Gasteiger partial charge on any atom is -0.195 e. The fourth-order valence-electron chi connectivity index (χ4n) is 1.04. The van der Waals surface area contributed by atoms with Gasteiger partial charge in [0.05, 0.1) is 0 Å². The summed E-state index contributed by atoms with van der Waals surface area (Å²) in [5.74, 6) is -30.3. The fraction of sp³-hybridized carbons (Fsp3) is 1.00. The monoisotopic (exact) mass is 380 g/mol. The summed E-state index contributed by atoms with van der Waals surface area (Å²) in [5.41, 5.74) is -5.92. The Labute approximate surface area is 115 Å². The van der Waals surface area contributed by atoms with E-state index >= 15 is 0 Å². The number of rotatable bonds is 5. The summed E-state index contributed by atoms with van der Waals surface area (Å²) in [5, 5.41) is 0. The quantitative estimate of drug-likeness (QED) is 0.441. The molecule has 0 unspecified atom stereocenters. The first-order chi connectivity index (χ1) is 9.19. The molecule has 0 saturated heterocycles. The topological polar surface area (TPSA) is 0 Å². The maximum atomic E-state index is 13.0. The second kappa shape index (κ2) is 5.27. The fourth-order valence-corrected chi connectivity index (χ4v) is 1.74. The average Bonchev–Trinajstić information content (AvgIpc) is 2.25. The van der Waals surface area contributed by atoms with Crippen LogP contribution in [-0.4, -0.2) is 48.9 Å². The molecule has 0 nitrogen and oxygen atoms in total. The van der Waals surface area contributed by atoms with Crippen LogP contribution < -0.4 is 0 Å². The normalized spacial score (nSPS) is 16.4. The van der Waals surface area contributed by atoms with Crippen molar-refractivity contribution >= 4 is 7.92 Å². The Morgan fingerprint density at radius 1 is 0.455 bits per heavy atom. The number of halogens is 13. The molecule has 0 heterocycles. The van der Waals surface area contributed by atoms with Gasteiger partial charge in [-0.1, -0.05) is 0 Å². The molecule has 0 atom stereocenters. The van der Waals surface area contributed by atoms with Gasteiger partial charge >= 0.3 is 35.5 Å². The molecule has 0 aromatic heterocycles. The highest BCUT2D eigenvalue weighted by Gasteiger charge is 2.90. The van der Waals surface area contributed by atoms with Crippen molar-refractivity contribution in [1.29, 1.82) is 0 Å². The third kappa shape index (κ3) is 2.62. The van der Waals surface area contributed by atoms with E-state index < -0.39 is 43.5 Å². The molecule has 0 fully saturated rings. The lowest BCUT2D eigenvalue weighted by Crippen LogP contribution is -2.69. The molecular formula is C8H6F13P. The molecule has 0 spiro atoms. The van der Waals surface area contributed by atoms with Crippen LogP contribution in [0.2, 0.25) is 0 Å². The van der Waals surface area contributed by atoms with Crippen LogP contribution in [0.25, 0.3) is 0 Å². The van der Waals surface area contributed by atoms with Gasteiger partial charge in [0.25, 0.3) is 0 Å². The molecule has 0 aliphatic heterocycles. The highest BCUT2D eigenvalue weighted by atomic mass is 31.1. The molecule has 0 bridgehead atoms. The van der Waals surface area contributed by atoms with Crippen molar-refractivity contribution < 1.29 is 57.1 Å². The Morgan fingerprint density at radius 3 is 0.955 bits per heavy atom. The summed E-state index contributed by atoms with van der Waals surface area (Å²) in [6, 6.07) is 0. The third-order valence-corrected chi connectivity index (χ3v) is 3.88. The van der Waals surface area contributed by atoms with Crippen LogP contribution in [0, 0.1) is 0 Å². The summed E-state index contributed by atoms with van der Waals surface area (Å²) < 4.78 is 163. The Morgan fingerprint density at radius 2 is 0.727 bits per heavy atom. The minimum absolute atomic E-state index is 0.222. The zero-order valence-electron chi connectivity index (χ0n) is 10.4. The van der Waals surface area contributed by atoms with Gasteiger partial charge in [-0.2, -0.15) is 57.1 Å². The summed E-state index contributed by atoms with van der Waals surface area (Å²) in [6.07, 6.45) is -7.37. The largest absolute Gasteiger partial charge is 0.460 e. The van der Waals surface area contributed by atoms with Gasteiger partial charge in [0, 0.05) is 0 Å². The molecule has 134 valence electrons. The molecule has 0 saturated carbocycles. The highest BCUT2D eigenvalue weighted by Crippen LogP contribution is 2.65. The van der Waals surface area contributed by atoms with Crippen LogP contribution in [0.4, 0.5) is 57.1 Å². The summed E-state index contributed by atoms with van der Waals surface area (Å²) in [4.78, 5) is 0. The van der Waals surface area contributed by atoms with Gasteiger partial charge in [0.1, 0.15) is 0 Å². The van der Waals surface area contributed by atoms with Crippen LogP contribution in [0.1, 0.15) is 0 Å². The first kappa shape index (κ1) is 21.5. The molecule has 0 aliphatic carbocycles. The minimum atomic E-state index is -7.81. The van der Waals surface area contributed by atoms with E-state index in [1.54, 1.807) is 0 Å². The van der Waals surface area contributed by atoms with Crippen molar-refractivity contribution in [3.63, 3.8) is 0 Å². The molecule has 0 aromatic carbocycles. The van der Waals surface area contributed by atoms with E-state index in [9.17, 15) is 57.1 Å². The SMILES string of the molecule is CP(C)C(F)(F)C(F)(F)C(F)(F)C(F)(F)C(F)(F)C(F)(F)F. The smallest absolute Gasteiger partial charge is 0.195 e. The number of hydrogen-bond donors (Lipinski definition) is 0. The molecule has 0 aromatic rings. The van der Waals surface area contributed by atoms with Gasteiger partial charge in [-0.15, -0.1) is 0 Å². The van der Waals surface area contributed by atoms with Crippen molar-refractivity contribution in [3.8, 4) is 0 Å². The zero-order valence-corrected chi connectivity index (χ0v) is 11.3. The van der Waals surface area contributed by atoms with Crippen molar-refractivity contribution in [2.24, 2.45) is 0 Å². The lowest BCUT2D eigenvalue weighted by molar-refractivity contribution is -0.433. The Balaban J connectivity index is 6.24. The van der Waals surface area contributed by atoms with Gasteiger partial charge in [-0.3, -0.25) is 0 Å². The predicted octanol–water partition coefficient (Wildman–Crippen LogP) is 5.42. The van der Waals surface area contributed by atoms with Crippen LogP contribution in [0.5, 0.6) is 0 Å². The summed E-state index contributed by atoms with van der Waals surface area (Å²) >= 11 is 0. The second-order valence-electron chi connectivity index (χ2n) is 4.23. The van der Waals surface area contributed by atoms with Crippen LogP contribution in [0.15, 0.2) is 0 Å². The molecule has 0 amide bonds. The number of hydrogen-bond acceptors (Lipinski definition) is 0. The summed E-state index contributed by atoms with van der Waals surface area (Å²) in [6.45, 7) is 0.443. The zero-order chi connectivity index (χ0) is 18.6. The maximum absolute atomic E-state index is 13.0. The van der Waals surface area contributed by atoms with E-state index in [-0.39, 0.29) is 13.3 Å². The molecule has 0 aliphatic rings. The van der Waals surface area contributed by atoms with Crippen LogP contribution in [-0.2, 0) is 0 Å². The van der Waals surface area contributed by atoms with E-state index in [2.05, 4.69) is 0 Å². The van der Waals surface area contributed by atoms with Crippen molar-refractivity contribution in [2.45, 2.75) is 35.5 Å². The lowest BCUT2D eigenvalue weighted by atomic mass is 9.98. The Bertz CT molecular complexity index is 407. The molecule has 0 rings (SSSR count). The number of alkyl halides is 13. The predicted molar refractivity (Wildman–Crippen MR) is 49.6 cm³/mol. The summed E-state index contributed by atoms with van der Waals surface area (Å²) in [7, 11) is -3.43. The van der Waals surface area contributed by atoms with Crippen LogP contribution in [0.3, 0.4) is 0 Å². The Kier molecular flexibility index (Phi) is 5.15. The van der Waals surface area contributed by atoms with Gasteiger partial charge < -0.3 is 0 Å². The van der Waals surface area contributed by atoms with Gasteiger partial charge in [0.2, 0.25) is 0 Å². The second-order valence-corrected chi connectivity index (χ2v) is 6.58. The maximum Gasteiger partial charge on any atom is 0.460 e. The van der Waals surface area contributed by atoms with E-state index in [1.807, 2.05) is 0 Å². The average molecular weight is 380 g/mol. The van der Waals surface area contributed by atoms with E-state index in [4.69, 9.17) is 0 Å². The molecular weight excluding hydrogens is 374 g/mol. The highest BCUT2D eigenvalue weighted by molar-refractivity contribution is 7.57. The lowest BCUT2D eigenvalue weighted by Gasteiger charge is -2.40. The first-order valence-electron chi connectivity index (χ1n) is 4.82. The van der Waals surface area contributed by atoms with Crippen molar-refractivity contribution in [3.05, 3.63) is 0 Å². The van der Waals surface area contributed by atoms with E-state index in [1.165, 1.54) is 0 Å². The van der Waals surface area contributed by atoms with Crippen molar-refractivity contribution in [1.82, 2.24) is 0 Å². The van der Waals surface area contributed by atoms with Gasteiger partial charge in [-0.25, -0.2) is 0 Å². The van der Waals surface area contributed by atoms with E-state index in [0.717, 1.165) is 0 Å². The molecule has 0 N–H and O–H groups in total. The van der Waals surface area contributed by atoms with Crippen molar-refractivity contribution in [2.75, 3.05) is 13.3 Å². The van der Waals surface area contributed by atoms with Gasteiger partial charge in [-0.05, 0) is 21.3 Å². The van der Waals surface area contributed by atoms with E-state index in [0.29, 0.717) is 0 Å². The standard InChI is InChI=1S/C8H6F13P/c1-22(2)8(20,21)6(15,16)4(11,12)3(9,10)5(13,14)7(17,18)19/h1-2H3. The van der Waals surface area contributed by atoms with Crippen LogP contribution >= 0.6 is 7.92 Å².